The minimum absolute atomic E-state index is 0.0284. The number of carbonyl (C=O) groups excluding carboxylic acids is 1. The second kappa shape index (κ2) is 4.72. The van der Waals surface area contributed by atoms with Crippen LogP contribution in [0, 0.1) is 0 Å². The molecule has 0 rings (SSSR count). The Balaban J connectivity index is 4.37. The topological polar surface area (TPSA) is 29.1 Å². The lowest BCUT2D eigenvalue weighted by molar-refractivity contribution is -0.118. The van der Waals surface area contributed by atoms with Crippen LogP contribution in [0.15, 0.2) is 23.4 Å². The third-order valence-electron chi connectivity index (χ3n) is 1.18. The summed E-state index contributed by atoms with van der Waals surface area (Å²) in [6.45, 7) is 7.35. The van der Waals surface area contributed by atoms with Crippen LogP contribution in [-0.4, -0.2) is 5.91 Å². The molecule has 0 aromatic carbocycles. The van der Waals surface area contributed by atoms with E-state index in [1.165, 1.54) is 6.92 Å². The van der Waals surface area contributed by atoms with Crippen molar-refractivity contribution in [2.24, 2.45) is 0 Å². The number of allylic oxidation sites excluding steroid dienone is 3. The molecule has 0 aliphatic rings. The van der Waals surface area contributed by atoms with Gasteiger partial charge in [-0.25, -0.2) is 0 Å². The van der Waals surface area contributed by atoms with Crippen LogP contribution in [0.2, 0.25) is 0 Å². The third-order valence-corrected chi connectivity index (χ3v) is 1.18. The fourth-order valence-electron chi connectivity index (χ4n) is 0.690. The minimum Gasteiger partial charge on any atom is -0.326 e. The summed E-state index contributed by atoms with van der Waals surface area (Å²) in [4.78, 5) is 10.7. The molecule has 0 unspecified atom stereocenters. The van der Waals surface area contributed by atoms with Gasteiger partial charge < -0.3 is 5.32 Å². The van der Waals surface area contributed by atoms with Gasteiger partial charge in [0.15, 0.2) is 0 Å². The highest BCUT2D eigenvalue weighted by molar-refractivity contribution is 5.75. The fourth-order valence-corrected chi connectivity index (χ4v) is 0.690. The van der Waals surface area contributed by atoms with E-state index in [1.54, 1.807) is 0 Å². The van der Waals surface area contributed by atoms with E-state index < -0.39 is 0 Å². The average Bonchev–Trinajstić information content (AvgIpc) is 1.86. The van der Waals surface area contributed by atoms with Gasteiger partial charge in [-0.15, -0.1) is 0 Å². The predicted molar refractivity (Wildman–Crippen MR) is 47.0 cm³/mol. The van der Waals surface area contributed by atoms with Crippen LogP contribution in [0.3, 0.4) is 0 Å². The van der Waals surface area contributed by atoms with Gasteiger partial charge in [-0.05, 0) is 26.8 Å². The zero-order valence-corrected chi connectivity index (χ0v) is 7.56. The Kier molecular flexibility index (Phi) is 4.27. The van der Waals surface area contributed by atoms with Gasteiger partial charge in [0.1, 0.15) is 0 Å². The number of carbonyl (C=O) groups is 1. The molecule has 0 spiro atoms. The molecule has 0 fully saturated rings. The smallest absolute Gasteiger partial charge is 0.221 e. The number of nitrogens with one attached hydrogen (secondary N) is 1. The zero-order valence-electron chi connectivity index (χ0n) is 7.56. The maximum absolute atomic E-state index is 10.7. The second-order valence-corrected chi connectivity index (χ2v) is 2.59. The van der Waals surface area contributed by atoms with E-state index in [0.717, 1.165) is 11.3 Å². The van der Waals surface area contributed by atoms with Gasteiger partial charge in [0.2, 0.25) is 5.91 Å². The molecular weight excluding hydrogens is 138 g/mol. The van der Waals surface area contributed by atoms with Crippen molar-refractivity contribution in [3.05, 3.63) is 23.4 Å². The first kappa shape index (κ1) is 9.95. The molecule has 0 atom stereocenters. The Bertz CT molecular complexity index is 198. The summed E-state index contributed by atoms with van der Waals surface area (Å²) in [7, 11) is 0. The Morgan fingerprint density at radius 1 is 1.27 bits per heavy atom. The van der Waals surface area contributed by atoms with Crippen molar-refractivity contribution in [2.75, 3.05) is 0 Å². The molecule has 0 bridgehead atoms. The summed E-state index contributed by atoms with van der Waals surface area (Å²) in [5.74, 6) is -0.0284. The molecule has 0 aliphatic carbocycles. The van der Waals surface area contributed by atoms with Crippen molar-refractivity contribution < 1.29 is 4.79 Å². The van der Waals surface area contributed by atoms with Crippen molar-refractivity contribution in [1.82, 2.24) is 5.32 Å². The van der Waals surface area contributed by atoms with E-state index in [9.17, 15) is 4.79 Å². The van der Waals surface area contributed by atoms with Gasteiger partial charge in [0, 0.05) is 12.6 Å². The molecule has 0 saturated carbocycles. The van der Waals surface area contributed by atoms with Crippen molar-refractivity contribution >= 4 is 5.91 Å². The van der Waals surface area contributed by atoms with Crippen LogP contribution in [0.4, 0.5) is 0 Å². The molecule has 2 heteroatoms. The van der Waals surface area contributed by atoms with Crippen molar-refractivity contribution in [3.8, 4) is 0 Å². The van der Waals surface area contributed by atoms with Crippen molar-refractivity contribution in [3.63, 3.8) is 0 Å². The van der Waals surface area contributed by atoms with Gasteiger partial charge in [-0.2, -0.15) is 0 Å². The Hall–Kier alpha value is -1.05. The second-order valence-electron chi connectivity index (χ2n) is 2.59. The quantitative estimate of drug-likeness (QED) is 0.604. The number of hydrogen-bond donors (Lipinski definition) is 1. The molecule has 11 heavy (non-hydrogen) atoms. The van der Waals surface area contributed by atoms with E-state index >= 15 is 0 Å². The van der Waals surface area contributed by atoms with E-state index in [4.69, 9.17) is 0 Å². The van der Waals surface area contributed by atoms with E-state index in [1.807, 2.05) is 32.9 Å². The molecule has 0 radical (unpaired) electrons. The number of hydrogen-bond acceptors (Lipinski definition) is 1. The standard InChI is InChI=1S/C9H15NO/c1-5-6-9(7(2)3)10-8(4)11/h5-6H,1-4H3,(H,10,11)/b6-5-. The third kappa shape index (κ3) is 4.37. The van der Waals surface area contributed by atoms with Crippen LogP contribution < -0.4 is 5.32 Å². The van der Waals surface area contributed by atoms with Crippen LogP contribution >= 0.6 is 0 Å². The lowest BCUT2D eigenvalue weighted by atomic mass is 10.2. The van der Waals surface area contributed by atoms with Gasteiger partial charge in [0.25, 0.3) is 0 Å². The molecule has 62 valence electrons. The van der Waals surface area contributed by atoms with E-state index in [0.29, 0.717) is 0 Å². The minimum atomic E-state index is -0.0284. The highest BCUT2D eigenvalue weighted by Crippen LogP contribution is 2.00. The molecular formula is C9H15NO. The molecule has 0 heterocycles. The Morgan fingerprint density at radius 3 is 2.09 bits per heavy atom. The SMILES string of the molecule is C/C=C\C(NC(C)=O)=C(C)C. The fraction of sp³-hybridized carbons (Fsp3) is 0.444. The Morgan fingerprint density at radius 2 is 1.82 bits per heavy atom. The van der Waals surface area contributed by atoms with Gasteiger partial charge in [-0.1, -0.05) is 11.6 Å². The highest BCUT2D eigenvalue weighted by Gasteiger charge is 1.95. The highest BCUT2D eigenvalue weighted by atomic mass is 16.1. The van der Waals surface area contributed by atoms with Crippen LogP contribution in [0.5, 0.6) is 0 Å². The normalized spacial score (nSPS) is 9.82. The maximum atomic E-state index is 10.7. The molecule has 0 aromatic heterocycles. The van der Waals surface area contributed by atoms with E-state index in [2.05, 4.69) is 5.32 Å². The van der Waals surface area contributed by atoms with Gasteiger partial charge in [-0.3, -0.25) is 4.79 Å². The van der Waals surface area contributed by atoms with E-state index in [-0.39, 0.29) is 5.91 Å². The molecule has 0 aromatic rings. The Labute approximate surface area is 68.0 Å². The predicted octanol–water partition coefficient (Wildman–Crippen LogP) is 1.99. The van der Waals surface area contributed by atoms with Crippen LogP contribution in [0.1, 0.15) is 27.7 Å². The molecule has 0 aliphatic heterocycles. The van der Waals surface area contributed by atoms with Gasteiger partial charge in [0.05, 0.1) is 0 Å². The number of amides is 1. The zero-order chi connectivity index (χ0) is 8.85. The number of rotatable bonds is 2. The summed E-state index contributed by atoms with van der Waals surface area (Å²) in [5.41, 5.74) is 2.00. The summed E-state index contributed by atoms with van der Waals surface area (Å²) >= 11 is 0. The first-order valence-electron chi connectivity index (χ1n) is 3.65. The van der Waals surface area contributed by atoms with Gasteiger partial charge >= 0.3 is 0 Å². The first-order chi connectivity index (χ1) is 5.07. The van der Waals surface area contributed by atoms with Crippen molar-refractivity contribution in [2.45, 2.75) is 27.7 Å². The summed E-state index contributed by atoms with van der Waals surface area (Å²) in [5, 5.41) is 2.73. The van der Waals surface area contributed by atoms with Crippen LogP contribution in [-0.2, 0) is 4.79 Å². The molecule has 0 saturated heterocycles. The maximum Gasteiger partial charge on any atom is 0.221 e. The summed E-state index contributed by atoms with van der Waals surface area (Å²) < 4.78 is 0. The molecule has 2 nitrogen and oxygen atoms in total. The van der Waals surface area contributed by atoms with Crippen molar-refractivity contribution in [1.29, 1.82) is 0 Å². The largest absolute Gasteiger partial charge is 0.326 e. The molecule has 1 amide bonds. The lowest BCUT2D eigenvalue weighted by Gasteiger charge is -2.04. The van der Waals surface area contributed by atoms with Crippen LogP contribution in [0.25, 0.3) is 0 Å². The monoisotopic (exact) mass is 153 g/mol. The molecule has 1 N–H and O–H groups in total. The lowest BCUT2D eigenvalue weighted by Crippen LogP contribution is -2.18. The average molecular weight is 153 g/mol. The first-order valence-corrected chi connectivity index (χ1v) is 3.65. The summed E-state index contributed by atoms with van der Waals surface area (Å²) in [6.07, 6.45) is 3.79. The summed E-state index contributed by atoms with van der Waals surface area (Å²) in [6, 6.07) is 0.